The lowest BCUT2D eigenvalue weighted by molar-refractivity contribution is -0.117. The number of aryl methyl sites for hydroxylation is 1. The van der Waals surface area contributed by atoms with E-state index in [0.717, 1.165) is 13.1 Å². The van der Waals surface area contributed by atoms with Gasteiger partial charge in [-0.1, -0.05) is 19.9 Å². The molecule has 2 aliphatic rings. The molecule has 2 aliphatic heterocycles. The molecule has 0 radical (unpaired) electrons. The fourth-order valence-corrected chi connectivity index (χ4v) is 5.87. The van der Waals surface area contributed by atoms with Crippen molar-refractivity contribution in [2.45, 2.75) is 32.1 Å². The highest BCUT2D eigenvalue weighted by Gasteiger charge is 2.28. The van der Waals surface area contributed by atoms with Crippen LogP contribution in [0.5, 0.6) is 0 Å². The summed E-state index contributed by atoms with van der Waals surface area (Å²) in [5, 5.41) is 2.87. The van der Waals surface area contributed by atoms with E-state index in [4.69, 9.17) is 4.74 Å². The van der Waals surface area contributed by atoms with E-state index in [2.05, 4.69) is 24.1 Å². The van der Waals surface area contributed by atoms with Gasteiger partial charge in [0.2, 0.25) is 15.9 Å². The molecular formula is C20H31N3O4S. The summed E-state index contributed by atoms with van der Waals surface area (Å²) in [7, 11) is -3.60. The standard InChI is InChI=1S/C20H31N3O4S/c1-15-10-16(2)13-22(12-15)14-20(24)21-18-5-4-17(3)19(11-18)28(25,26)23-6-8-27-9-7-23/h4-5,11,15-16H,6-10,12-14H2,1-3H3,(H,21,24)/t15-,16-/m0/s1. The van der Waals surface area contributed by atoms with Gasteiger partial charge in [0.25, 0.3) is 0 Å². The predicted octanol–water partition coefficient (Wildman–Crippen LogP) is 1.93. The van der Waals surface area contributed by atoms with E-state index >= 15 is 0 Å². The molecule has 28 heavy (non-hydrogen) atoms. The Balaban J connectivity index is 1.69. The van der Waals surface area contributed by atoms with Crippen molar-refractivity contribution in [3.63, 3.8) is 0 Å². The summed E-state index contributed by atoms with van der Waals surface area (Å²) in [6, 6.07) is 5.07. The van der Waals surface area contributed by atoms with E-state index in [1.54, 1.807) is 25.1 Å². The van der Waals surface area contributed by atoms with Crippen molar-refractivity contribution in [2.75, 3.05) is 51.3 Å². The second-order valence-electron chi connectivity index (χ2n) is 8.19. The van der Waals surface area contributed by atoms with Crippen molar-refractivity contribution in [1.82, 2.24) is 9.21 Å². The quantitative estimate of drug-likeness (QED) is 0.804. The summed E-state index contributed by atoms with van der Waals surface area (Å²) in [4.78, 5) is 14.9. The van der Waals surface area contributed by atoms with Crippen molar-refractivity contribution in [3.8, 4) is 0 Å². The molecule has 0 aromatic heterocycles. The third-order valence-electron chi connectivity index (χ3n) is 5.37. The Hall–Kier alpha value is -1.48. The monoisotopic (exact) mass is 409 g/mol. The lowest BCUT2D eigenvalue weighted by Crippen LogP contribution is -2.42. The number of piperidine rings is 1. The van der Waals surface area contributed by atoms with Gasteiger partial charge in [-0.25, -0.2) is 8.42 Å². The molecule has 2 fully saturated rings. The number of carbonyl (C=O) groups is 1. The molecule has 0 bridgehead atoms. The number of carbonyl (C=O) groups excluding carboxylic acids is 1. The van der Waals surface area contributed by atoms with Gasteiger partial charge < -0.3 is 10.1 Å². The number of amides is 1. The first-order chi connectivity index (χ1) is 13.3. The van der Waals surface area contributed by atoms with Gasteiger partial charge in [-0.2, -0.15) is 4.31 Å². The van der Waals surface area contributed by atoms with Crippen LogP contribution >= 0.6 is 0 Å². The topological polar surface area (TPSA) is 79.0 Å². The zero-order valence-electron chi connectivity index (χ0n) is 17.0. The molecule has 2 heterocycles. The molecule has 0 saturated carbocycles. The average Bonchev–Trinajstić information content (AvgIpc) is 2.63. The summed E-state index contributed by atoms with van der Waals surface area (Å²) >= 11 is 0. The molecule has 8 heteroatoms. The van der Waals surface area contributed by atoms with E-state index in [1.807, 2.05) is 0 Å². The maximum Gasteiger partial charge on any atom is 0.243 e. The number of rotatable bonds is 5. The van der Waals surface area contributed by atoms with Crippen LogP contribution < -0.4 is 5.32 Å². The van der Waals surface area contributed by atoms with E-state index in [9.17, 15) is 13.2 Å². The molecule has 1 aromatic rings. The zero-order chi connectivity index (χ0) is 20.3. The van der Waals surface area contributed by atoms with Gasteiger partial charge in [0.1, 0.15) is 0 Å². The minimum atomic E-state index is -3.60. The summed E-state index contributed by atoms with van der Waals surface area (Å²) in [5.74, 6) is 1.06. The first-order valence-electron chi connectivity index (χ1n) is 9.96. The van der Waals surface area contributed by atoms with E-state index < -0.39 is 10.0 Å². The number of sulfonamides is 1. The fraction of sp³-hybridized carbons (Fsp3) is 0.650. The third kappa shape index (κ3) is 5.11. The van der Waals surface area contributed by atoms with Crippen molar-refractivity contribution in [3.05, 3.63) is 23.8 Å². The van der Waals surface area contributed by atoms with Crippen molar-refractivity contribution in [1.29, 1.82) is 0 Å². The summed E-state index contributed by atoms with van der Waals surface area (Å²) < 4.78 is 32.7. The van der Waals surface area contributed by atoms with Gasteiger partial charge >= 0.3 is 0 Å². The number of hydrogen-bond acceptors (Lipinski definition) is 5. The van der Waals surface area contributed by atoms with E-state index in [-0.39, 0.29) is 10.8 Å². The second-order valence-corrected chi connectivity index (χ2v) is 10.1. The predicted molar refractivity (Wildman–Crippen MR) is 109 cm³/mol. The van der Waals surface area contributed by atoms with Gasteiger partial charge in [-0.15, -0.1) is 0 Å². The van der Waals surface area contributed by atoms with Crippen LogP contribution in [0.3, 0.4) is 0 Å². The number of morpholine rings is 1. The van der Waals surface area contributed by atoms with Crippen LogP contribution in [0.1, 0.15) is 25.8 Å². The van der Waals surface area contributed by atoms with Crippen molar-refractivity contribution >= 4 is 21.6 Å². The molecule has 7 nitrogen and oxygen atoms in total. The first kappa shape index (κ1) is 21.2. The maximum absolute atomic E-state index is 13.0. The smallest absolute Gasteiger partial charge is 0.243 e. The van der Waals surface area contributed by atoms with Crippen LogP contribution in [0.15, 0.2) is 23.1 Å². The molecule has 156 valence electrons. The van der Waals surface area contributed by atoms with Crippen LogP contribution in [-0.2, 0) is 19.6 Å². The number of nitrogens with zero attached hydrogens (tertiary/aromatic N) is 2. The maximum atomic E-state index is 13.0. The second kappa shape index (κ2) is 8.90. The number of anilines is 1. The Kier molecular flexibility index (Phi) is 6.75. The van der Waals surface area contributed by atoms with Gasteiger partial charge in [0, 0.05) is 31.9 Å². The Labute approximate surface area is 168 Å². The highest BCUT2D eigenvalue weighted by molar-refractivity contribution is 7.89. The fourth-order valence-electron chi connectivity index (χ4n) is 4.21. The molecule has 3 rings (SSSR count). The minimum absolute atomic E-state index is 0.111. The Morgan fingerprint density at radius 1 is 1.18 bits per heavy atom. The molecule has 0 aliphatic carbocycles. The molecule has 0 unspecified atom stereocenters. The summed E-state index contributed by atoms with van der Waals surface area (Å²) in [6.45, 7) is 9.87. The van der Waals surface area contributed by atoms with Crippen molar-refractivity contribution in [2.24, 2.45) is 11.8 Å². The molecule has 2 saturated heterocycles. The van der Waals surface area contributed by atoms with Crippen LogP contribution in [0.25, 0.3) is 0 Å². The largest absolute Gasteiger partial charge is 0.379 e. The summed E-state index contributed by atoms with van der Waals surface area (Å²) in [6.07, 6.45) is 1.19. The van der Waals surface area contributed by atoms with Gasteiger partial charge in [-0.3, -0.25) is 9.69 Å². The normalized spacial score (nSPS) is 24.8. The number of likely N-dealkylation sites (tertiary alicyclic amines) is 1. The first-order valence-corrected chi connectivity index (χ1v) is 11.4. The van der Waals surface area contributed by atoms with Crippen molar-refractivity contribution < 1.29 is 17.9 Å². The van der Waals surface area contributed by atoms with Gasteiger partial charge in [0.15, 0.2) is 0 Å². The number of nitrogens with one attached hydrogen (secondary N) is 1. The lowest BCUT2D eigenvalue weighted by atomic mass is 9.92. The SMILES string of the molecule is Cc1ccc(NC(=O)CN2C[C@@H](C)C[C@H](C)C2)cc1S(=O)(=O)N1CCOCC1. The van der Waals surface area contributed by atoms with Crippen LogP contribution in [0.4, 0.5) is 5.69 Å². The van der Waals surface area contributed by atoms with E-state index in [1.165, 1.54) is 10.7 Å². The van der Waals surface area contributed by atoms with Gasteiger partial charge in [-0.05, 0) is 42.9 Å². The summed E-state index contributed by atoms with van der Waals surface area (Å²) in [5.41, 5.74) is 1.18. The molecule has 1 N–H and O–H groups in total. The average molecular weight is 410 g/mol. The molecule has 1 aromatic carbocycles. The zero-order valence-corrected chi connectivity index (χ0v) is 17.8. The molecular weight excluding hydrogens is 378 g/mol. The molecule has 1 amide bonds. The van der Waals surface area contributed by atoms with Crippen LogP contribution in [-0.4, -0.2) is 69.5 Å². The lowest BCUT2D eigenvalue weighted by Gasteiger charge is -2.34. The van der Waals surface area contributed by atoms with Crippen LogP contribution in [0.2, 0.25) is 0 Å². The minimum Gasteiger partial charge on any atom is -0.379 e. The Bertz CT molecular complexity index is 796. The Morgan fingerprint density at radius 2 is 1.82 bits per heavy atom. The Morgan fingerprint density at radius 3 is 2.46 bits per heavy atom. The molecule has 2 atom stereocenters. The number of benzene rings is 1. The highest BCUT2D eigenvalue weighted by atomic mass is 32.2. The number of ether oxygens (including phenoxy) is 1. The van der Waals surface area contributed by atoms with Gasteiger partial charge in [0.05, 0.1) is 24.7 Å². The van der Waals surface area contributed by atoms with E-state index in [0.29, 0.717) is 55.9 Å². The highest BCUT2D eigenvalue weighted by Crippen LogP contribution is 2.25. The third-order valence-corrected chi connectivity index (χ3v) is 7.41. The number of hydrogen-bond donors (Lipinski definition) is 1. The molecule has 0 spiro atoms. The van der Waals surface area contributed by atoms with Crippen LogP contribution in [0, 0.1) is 18.8 Å².